The quantitative estimate of drug-likeness (QED) is 0.806. The summed E-state index contributed by atoms with van der Waals surface area (Å²) >= 11 is 0. The highest BCUT2D eigenvalue weighted by atomic mass is 19.1. The smallest absolute Gasteiger partial charge is 0.234 e. The number of hydrogen-bond acceptors (Lipinski definition) is 2. The second-order valence-corrected chi connectivity index (χ2v) is 5.90. The summed E-state index contributed by atoms with van der Waals surface area (Å²) in [7, 11) is 0. The van der Waals surface area contributed by atoms with Gasteiger partial charge in [-0.3, -0.25) is 4.79 Å². The van der Waals surface area contributed by atoms with E-state index in [0.29, 0.717) is 6.54 Å². The van der Waals surface area contributed by atoms with Crippen molar-refractivity contribution in [1.82, 2.24) is 10.6 Å². The zero-order valence-corrected chi connectivity index (χ0v) is 12.8. The van der Waals surface area contributed by atoms with Crippen LogP contribution in [0.3, 0.4) is 0 Å². The van der Waals surface area contributed by atoms with Crippen molar-refractivity contribution in [3.05, 3.63) is 35.6 Å². The minimum absolute atomic E-state index is 0.00260. The molecule has 0 radical (unpaired) electrons. The second kappa shape index (κ2) is 7.39. The molecule has 1 aromatic rings. The Bertz CT molecular complexity index is 429. The molecule has 0 fully saturated rings. The van der Waals surface area contributed by atoms with Gasteiger partial charge in [0.15, 0.2) is 0 Å². The molecule has 1 atom stereocenters. The van der Waals surface area contributed by atoms with Gasteiger partial charge in [0.2, 0.25) is 5.91 Å². The summed E-state index contributed by atoms with van der Waals surface area (Å²) in [6.07, 6.45) is 1.66. The van der Waals surface area contributed by atoms with E-state index in [0.717, 1.165) is 18.4 Å². The van der Waals surface area contributed by atoms with Crippen LogP contribution in [0.1, 0.15) is 39.7 Å². The van der Waals surface area contributed by atoms with Gasteiger partial charge in [-0.05, 0) is 51.3 Å². The molecule has 1 amide bonds. The van der Waals surface area contributed by atoms with Crippen molar-refractivity contribution in [3.63, 3.8) is 0 Å². The van der Waals surface area contributed by atoms with E-state index in [-0.39, 0.29) is 23.3 Å². The maximum absolute atomic E-state index is 12.8. The van der Waals surface area contributed by atoms with Crippen LogP contribution in [-0.2, 0) is 11.2 Å². The van der Waals surface area contributed by atoms with E-state index in [1.165, 1.54) is 12.1 Å². The monoisotopic (exact) mass is 280 g/mol. The predicted molar refractivity (Wildman–Crippen MR) is 80.1 cm³/mol. The van der Waals surface area contributed by atoms with E-state index >= 15 is 0 Å². The lowest BCUT2D eigenvalue weighted by Crippen LogP contribution is -2.47. The summed E-state index contributed by atoms with van der Waals surface area (Å²) in [5.74, 6) is -0.224. The Hall–Kier alpha value is -1.42. The van der Waals surface area contributed by atoms with Gasteiger partial charge >= 0.3 is 0 Å². The molecule has 0 spiro atoms. The molecule has 0 aromatic heterocycles. The van der Waals surface area contributed by atoms with Gasteiger partial charge in [0, 0.05) is 11.6 Å². The van der Waals surface area contributed by atoms with Crippen LogP contribution in [0.25, 0.3) is 0 Å². The summed E-state index contributed by atoms with van der Waals surface area (Å²) in [6, 6.07) is 6.62. The van der Waals surface area contributed by atoms with E-state index in [1.807, 2.05) is 27.7 Å². The molecule has 1 aromatic carbocycles. The average molecular weight is 280 g/mol. The van der Waals surface area contributed by atoms with Crippen molar-refractivity contribution >= 4 is 5.91 Å². The fourth-order valence-electron chi connectivity index (χ4n) is 1.82. The van der Waals surface area contributed by atoms with Gasteiger partial charge in [0.25, 0.3) is 0 Å². The molecule has 0 aliphatic heterocycles. The minimum atomic E-state index is -0.226. The Kier molecular flexibility index (Phi) is 6.14. The molecule has 0 aliphatic carbocycles. The van der Waals surface area contributed by atoms with Crippen LogP contribution in [0.4, 0.5) is 4.39 Å². The Morgan fingerprint density at radius 1 is 1.30 bits per heavy atom. The van der Waals surface area contributed by atoms with Crippen molar-refractivity contribution in [2.24, 2.45) is 0 Å². The number of hydrogen-bond donors (Lipinski definition) is 2. The van der Waals surface area contributed by atoms with Gasteiger partial charge in [-0.25, -0.2) is 4.39 Å². The van der Waals surface area contributed by atoms with Gasteiger partial charge in [-0.2, -0.15) is 0 Å². The third kappa shape index (κ3) is 6.15. The Morgan fingerprint density at radius 2 is 1.90 bits per heavy atom. The van der Waals surface area contributed by atoms with Crippen LogP contribution in [0.2, 0.25) is 0 Å². The van der Waals surface area contributed by atoms with E-state index in [2.05, 4.69) is 10.6 Å². The van der Waals surface area contributed by atoms with Crippen LogP contribution in [0.5, 0.6) is 0 Å². The molecule has 0 saturated carbocycles. The van der Waals surface area contributed by atoms with Gasteiger partial charge in [0.1, 0.15) is 5.82 Å². The van der Waals surface area contributed by atoms with Crippen molar-refractivity contribution in [2.75, 3.05) is 6.54 Å². The first kappa shape index (κ1) is 16.6. The van der Waals surface area contributed by atoms with E-state index in [9.17, 15) is 9.18 Å². The lowest BCUT2D eigenvalue weighted by molar-refractivity contribution is -0.121. The molecule has 3 nitrogen and oxygen atoms in total. The highest BCUT2D eigenvalue weighted by molar-refractivity contribution is 5.78. The largest absolute Gasteiger partial charge is 0.350 e. The zero-order valence-electron chi connectivity index (χ0n) is 12.8. The van der Waals surface area contributed by atoms with Gasteiger partial charge in [-0.15, -0.1) is 0 Å². The number of carbonyl (C=O) groups is 1. The summed E-state index contributed by atoms with van der Waals surface area (Å²) in [5, 5.41) is 6.17. The third-order valence-corrected chi connectivity index (χ3v) is 3.43. The minimum Gasteiger partial charge on any atom is -0.350 e. The average Bonchev–Trinajstić information content (AvgIpc) is 2.39. The Morgan fingerprint density at radius 3 is 2.45 bits per heavy atom. The maximum Gasteiger partial charge on any atom is 0.234 e. The summed E-state index contributed by atoms with van der Waals surface area (Å²) < 4.78 is 12.8. The number of benzene rings is 1. The third-order valence-electron chi connectivity index (χ3n) is 3.43. The topological polar surface area (TPSA) is 41.1 Å². The van der Waals surface area contributed by atoms with Gasteiger partial charge in [-0.1, -0.05) is 19.1 Å². The zero-order chi connectivity index (χ0) is 15.2. The first-order valence-electron chi connectivity index (χ1n) is 7.11. The maximum atomic E-state index is 12.8. The standard InChI is InChI=1S/C16H25FN2O/c1-5-16(3,4)19-15(20)11-18-12(2)10-13-6-8-14(17)9-7-13/h6-9,12,18H,5,10-11H2,1-4H3,(H,19,20). The number of carbonyl (C=O) groups excluding carboxylic acids is 1. The van der Waals surface area contributed by atoms with Crippen LogP contribution in [0, 0.1) is 5.82 Å². The van der Waals surface area contributed by atoms with E-state index in [1.54, 1.807) is 12.1 Å². The molecule has 1 unspecified atom stereocenters. The molecule has 0 heterocycles. The molecule has 20 heavy (non-hydrogen) atoms. The van der Waals surface area contributed by atoms with E-state index < -0.39 is 0 Å². The molecule has 112 valence electrons. The van der Waals surface area contributed by atoms with Gasteiger partial charge in [0.05, 0.1) is 6.54 Å². The van der Waals surface area contributed by atoms with Crippen molar-refractivity contribution in [2.45, 2.75) is 52.1 Å². The summed E-state index contributed by atoms with van der Waals surface area (Å²) in [5.41, 5.74) is 0.889. The molecule has 1 rings (SSSR count). The first-order valence-corrected chi connectivity index (χ1v) is 7.11. The number of amides is 1. The second-order valence-electron chi connectivity index (χ2n) is 5.90. The van der Waals surface area contributed by atoms with Gasteiger partial charge < -0.3 is 10.6 Å². The van der Waals surface area contributed by atoms with E-state index in [4.69, 9.17) is 0 Å². The first-order chi connectivity index (χ1) is 9.32. The molecule has 2 N–H and O–H groups in total. The van der Waals surface area contributed by atoms with Crippen LogP contribution in [-0.4, -0.2) is 24.0 Å². The fourth-order valence-corrected chi connectivity index (χ4v) is 1.82. The lowest BCUT2D eigenvalue weighted by atomic mass is 10.0. The summed E-state index contributed by atoms with van der Waals surface area (Å²) in [6.45, 7) is 8.37. The van der Waals surface area contributed by atoms with Crippen molar-refractivity contribution < 1.29 is 9.18 Å². The molecule has 0 aliphatic rings. The number of rotatable bonds is 7. The van der Waals surface area contributed by atoms with Crippen LogP contribution < -0.4 is 10.6 Å². The predicted octanol–water partition coefficient (Wildman–Crippen LogP) is 2.65. The molecular weight excluding hydrogens is 255 g/mol. The fraction of sp³-hybridized carbons (Fsp3) is 0.562. The highest BCUT2D eigenvalue weighted by Gasteiger charge is 2.17. The molecule has 0 bridgehead atoms. The Labute approximate surface area is 121 Å². The normalized spacial score (nSPS) is 13.1. The van der Waals surface area contributed by atoms with Crippen molar-refractivity contribution in [3.8, 4) is 0 Å². The van der Waals surface area contributed by atoms with Crippen molar-refractivity contribution in [1.29, 1.82) is 0 Å². The van der Waals surface area contributed by atoms with Crippen LogP contribution >= 0.6 is 0 Å². The number of halogens is 1. The molecule has 4 heteroatoms. The highest BCUT2D eigenvalue weighted by Crippen LogP contribution is 2.07. The SMILES string of the molecule is CCC(C)(C)NC(=O)CNC(C)Cc1ccc(F)cc1. The lowest BCUT2D eigenvalue weighted by Gasteiger charge is -2.25. The molecule has 0 saturated heterocycles. The summed E-state index contributed by atoms with van der Waals surface area (Å²) in [4.78, 5) is 11.8. The molecular formula is C16H25FN2O. The number of nitrogens with one attached hydrogen (secondary N) is 2. The Balaban J connectivity index is 2.34. The van der Waals surface area contributed by atoms with Crippen LogP contribution in [0.15, 0.2) is 24.3 Å².